The lowest BCUT2D eigenvalue weighted by Crippen LogP contribution is -2.27. The fourth-order valence-corrected chi connectivity index (χ4v) is 4.09. The first kappa shape index (κ1) is 13.3. The first-order chi connectivity index (χ1) is 9.64. The summed E-state index contributed by atoms with van der Waals surface area (Å²) in [6, 6.07) is 19.3. The van der Waals surface area contributed by atoms with Crippen molar-refractivity contribution in [3.05, 3.63) is 71.8 Å². The van der Waals surface area contributed by atoms with E-state index in [2.05, 4.69) is 0 Å². The highest BCUT2D eigenvalue weighted by atomic mass is 32.2. The molecule has 0 N–H and O–H groups in total. The minimum Gasteiger partial charge on any atom is -0.262 e. The maximum Gasteiger partial charge on any atom is 0.268 e. The molecule has 1 fully saturated rings. The van der Waals surface area contributed by atoms with Crippen molar-refractivity contribution in [1.82, 2.24) is 0 Å². The minimum absolute atomic E-state index is 0.0137. The second kappa shape index (κ2) is 5.38. The number of rotatable bonds is 2. The Labute approximate surface area is 119 Å². The Hall–Kier alpha value is -1.65. The van der Waals surface area contributed by atoms with Crippen molar-refractivity contribution in [1.29, 1.82) is 0 Å². The topological polar surface area (TPSA) is 43.4 Å². The summed E-state index contributed by atoms with van der Waals surface area (Å²) < 4.78 is 29.3. The van der Waals surface area contributed by atoms with Gasteiger partial charge in [0.1, 0.15) is 6.10 Å². The Morgan fingerprint density at radius 2 is 1.40 bits per heavy atom. The summed E-state index contributed by atoms with van der Waals surface area (Å²) in [5, 5.41) is 0. The normalized spacial score (nSPS) is 25.2. The zero-order valence-corrected chi connectivity index (χ0v) is 11.8. The molecular weight excluding hydrogens is 272 g/mol. The lowest BCUT2D eigenvalue weighted by molar-refractivity contribution is 0.175. The van der Waals surface area contributed by atoms with Crippen LogP contribution in [0.25, 0.3) is 0 Å². The van der Waals surface area contributed by atoms with E-state index in [0.29, 0.717) is 6.42 Å². The molecular formula is C16H16O3S. The van der Waals surface area contributed by atoms with Gasteiger partial charge in [0.15, 0.2) is 0 Å². The van der Waals surface area contributed by atoms with E-state index in [1.807, 2.05) is 60.7 Å². The quantitative estimate of drug-likeness (QED) is 0.797. The van der Waals surface area contributed by atoms with Crippen molar-refractivity contribution >= 4 is 10.1 Å². The lowest BCUT2D eigenvalue weighted by atomic mass is 9.92. The van der Waals surface area contributed by atoms with Gasteiger partial charge < -0.3 is 0 Å². The molecule has 3 nitrogen and oxygen atoms in total. The molecule has 0 saturated carbocycles. The van der Waals surface area contributed by atoms with Gasteiger partial charge in [-0.3, -0.25) is 4.18 Å². The number of benzene rings is 2. The third kappa shape index (κ3) is 2.92. The molecule has 0 bridgehead atoms. The largest absolute Gasteiger partial charge is 0.268 e. The fraction of sp³-hybridized carbons (Fsp3) is 0.250. The molecule has 1 aliphatic rings. The van der Waals surface area contributed by atoms with Crippen LogP contribution in [-0.4, -0.2) is 14.2 Å². The molecule has 1 saturated heterocycles. The van der Waals surface area contributed by atoms with E-state index in [1.54, 1.807) is 0 Å². The average Bonchev–Trinajstić information content (AvgIpc) is 2.47. The summed E-state index contributed by atoms with van der Waals surface area (Å²) >= 11 is 0. The molecule has 2 unspecified atom stereocenters. The maximum absolute atomic E-state index is 12.0. The van der Waals surface area contributed by atoms with Crippen molar-refractivity contribution in [3.8, 4) is 0 Å². The van der Waals surface area contributed by atoms with Crippen LogP contribution in [0.3, 0.4) is 0 Å². The van der Waals surface area contributed by atoms with E-state index < -0.39 is 10.1 Å². The third-order valence-electron chi connectivity index (χ3n) is 3.61. The molecule has 2 aromatic carbocycles. The molecule has 104 valence electrons. The standard InChI is InChI=1S/C16H16O3S/c17-20(18)12-15(13-7-3-1-4-8-13)11-16(19-20)14-9-5-2-6-10-14/h1-10,15-16H,11-12H2. The summed E-state index contributed by atoms with van der Waals surface area (Å²) in [6.07, 6.45) is 0.299. The second-order valence-corrected chi connectivity index (χ2v) is 6.70. The Bertz CT molecular complexity index is 612. The van der Waals surface area contributed by atoms with Crippen molar-refractivity contribution in [2.24, 2.45) is 0 Å². The van der Waals surface area contributed by atoms with Crippen LogP contribution in [0.1, 0.15) is 29.6 Å². The zero-order chi connectivity index (χ0) is 14.0. The van der Waals surface area contributed by atoms with Crippen LogP contribution in [0.4, 0.5) is 0 Å². The fourth-order valence-electron chi connectivity index (χ4n) is 2.65. The molecule has 0 aliphatic carbocycles. The van der Waals surface area contributed by atoms with Crippen molar-refractivity contribution in [2.75, 3.05) is 5.75 Å². The van der Waals surface area contributed by atoms with Crippen molar-refractivity contribution in [3.63, 3.8) is 0 Å². The van der Waals surface area contributed by atoms with E-state index in [0.717, 1.165) is 11.1 Å². The van der Waals surface area contributed by atoms with E-state index in [4.69, 9.17) is 4.18 Å². The van der Waals surface area contributed by atoms with Gasteiger partial charge in [0, 0.05) is 5.92 Å². The average molecular weight is 288 g/mol. The van der Waals surface area contributed by atoms with Gasteiger partial charge in [-0.15, -0.1) is 0 Å². The van der Waals surface area contributed by atoms with Crippen LogP contribution in [0, 0.1) is 0 Å². The van der Waals surface area contributed by atoms with Crippen LogP contribution < -0.4 is 0 Å². The van der Waals surface area contributed by atoms with Gasteiger partial charge in [-0.1, -0.05) is 60.7 Å². The lowest BCUT2D eigenvalue weighted by Gasteiger charge is -2.29. The van der Waals surface area contributed by atoms with Gasteiger partial charge in [-0.2, -0.15) is 8.42 Å². The van der Waals surface area contributed by atoms with Crippen LogP contribution >= 0.6 is 0 Å². The smallest absolute Gasteiger partial charge is 0.262 e. The van der Waals surface area contributed by atoms with Crippen LogP contribution in [0.15, 0.2) is 60.7 Å². The third-order valence-corrected chi connectivity index (χ3v) is 4.95. The highest BCUT2D eigenvalue weighted by Crippen LogP contribution is 2.37. The minimum atomic E-state index is -3.48. The molecule has 1 aliphatic heterocycles. The van der Waals surface area contributed by atoms with Gasteiger partial charge in [-0.25, -0.2) is 0 Å². The molecule has 2 aromatic rings. The Balaban J connectivity index is 1.91. The number of hydrogen-bond donors (Lipinski definition) is 0. The Morgan fingerprint density at radius 3 is 2.00 bits per heavy atom. The van der Waals surface area contributed by atoms with Crippen molar-refractivity contribution in [2.45, 2.75) is 18.4 Å². The molecule has 1 heterocycles. The molecule has 0 aromatic heterocycles. The predicted octanol–water partition coefficient (Wildman–Crippen LogP) is 3.26. The highest BCUT2D eigenvalue weighted by molar-refractivity contribution is 7.86. The summed E-state index contributed by atoms with van der Waals surface area (Å²) in [4.78, 5) is 0. The zero-order valence-electron chi connectivity index (χ0n) is 11.0. The Morgan fingerprint density at radius 1 is 0.850 bits per heavy atom. The summed E-state index contributed by atoms with van der Waals surface area (Å²) in [6.45, 7) is 0. The molecule has 2 atom stereocenters. The highest BCUT2D eigenvalue weighted by Gasteiger charge is 2.34. The predicted molar refractivity (Wildman–Crippen MR) is 77.9 cm³/mol. The molecule has 0 amide bonds. The van der Waals surface area contributed by atoms with E-state index in [9.17, 15) is 8.42 Å². The summed E-state index contributed by atoms with van der Waals surface area (Å²) in [5.41, 5.74) is 1.97. The van der Waals surface area contributed by atoms with Gasteiger partial charge in [0.2, 0.25) is 0 Å². The molecule has 0 radical (unpaired) electrons. The molecule has 0 spiro atoms. The number of hydrogen-bond acceptors (Lipinski definition) is 3. The summed E-state index contributed by atoms with van der Waals surface area (Å²) in [7, 11) is -3.48. The van der Waals surface area contributed by atoms with Gasteiger partial charge >= 0.3 is 0 Å². The van der Waals surface area contributed by atoms with E-state index in [1.165, 1.54) is 0 Å². The van der Waals surface area contributed by atoms with E-state index in [-0.39, 0.29) is 17.8 Å². The first-order valence-electron chi connectivity index (χ1n) is 6.65. The van der Waals surface area contributed by atoms with Crippen molar-refractivity contribution < 1.29 is 12.6 Å². The molecule has 20 heavy (non-hydrogen) atoms. The first-order valence-corrected chi connectivity index (χ1v) is 8.23. The molecule has 4 heteroatoms. The van der Waals surface area contributed by atoms with Crippen LogP contribution in [0.5, 0.6) is 0 Å². The van der Waals surface area contributed by atoms with Crippen LogP contribution in [0.2, 0.25) is 0 Å². The summed E-state index contributed by atoms with van der Waals surface area (Å²) in [5.74, 6) is 0.0422. The van der Waals surface area contributed by atoms with E-state index >= 15 is 0 Å². The van der Waals surface area contributed by atoms with Gasteiger partial charge in [0.25, 0.3) is 10.1 Å². The Kier molecular flexibility index (Phi) is 3.59. The molecule has 3 rings (SSSR count). The maximum atomic E-state index is 12.0. The SMILES string of the molecule is O=S1(=O)CC(c2ccccc2)CC(c2ccccc2)O1. The van der Waals surface area contributed by atoms with Crippen LogP contribution in [-0.2, 0) is 14.3 Å². The van der Waals surface area contributed by atoms with Gasteiger partial charge in [-0.05, 0) is 17.5 Å². The second-order valence-electron chi connectivity index (χ2n) is 5.06. The monoisotopic (exact) mass is 288 g/mol. The van der Waals surface area contributed by atoms with Gasteiger partial charge in [0.05, 0.1) is 5.75 Å².